The molecule has 1 saturated heterocycles. The Hall–Kier alpha value is -3.63. The van der Waals surface area contributed by atoms with E-state index in [1.165, 1.54) is 35.6 Å². The average molecular weight is 429 g/mol. The van der Waals surface area contributed by atoms with E-state index in [0.29, 0.717) is 37.4 Å². The molecule has 164 valence electrons. The van der Waals surface area contributed by atoms with Gasteiger partial charge >= 0.3 is 11.3 Å². The van der Waals surface area contributed by atoms with Gasteiger partial charge in [-0.15, -0.1) is 0 Å². The van der Waals surface area contributed by atoms with Crippen molar-refractivity contribution in [1.82, 2.24) is 23.6 Å². The maximum atomic E-state index is 12.8. The van der Waals surface area contributed by atoms with Gasteiger partial charge in [0.15, 0.2) is 11.2 Å². The number of amides is 1. The Morgan fingerprint density at radius 1 is 1.16 bits per heavy atom. The molecule has 0 N–H and O–H groups in total. The maximum Gasteiger partial charge on any atom is 0.339 e. The number of aryl methyl sites for hydroxylation is 2. The van der Waals surface area contributed by atoms with Crippen LogP contribution in [-0.2, 0) is 25.4 Å². The molecule has 3 aromatic rings. The van der Waals surface area contributed by atoms with Gasteiger partial charge in [0.25, 0.3) is 5.56 Å². The van der Waals surface area contributed by atoms with Crippen molar-refractivity contribution in [2.45, 2.75) is 32.4 Å². The molecule has 1 fully saturated rings. The highest BCUT2D eigenvalue weighted by atomic mass is 16.5. The van der Waals surface area contributed by atoms with Gasteiger partial charge in [0.1, 0.15) is 24.2 Å². The molecule has 1 amide bonds. The molecule has 1 aliphatic heterocycles. The number of hydrogen-bond acceptors (Lipinski definition) is 7. The van der Waals surface area contributed by atoms with Crippen LogP contribution in [0.15, 0.2) is 37.3 Å². The number of rotatable bonds is 4. The molecule has 0 atom stereocenters. The molecule has 0 unspecified atom stereocenters. The predicted molar refractivity (Wildman–Crippen MR) is 110 cm³/mol. The van der Waals surface area contributed by atoms with E-state index in [4.69, 9.17) is 9.15 Å². The zero-order chi connectivity index (χ0) is 22.3. The molecule has 0 radical (unpaired) electrons. The first-order chi connectivity index (χ1) is 14.7. The van der Waals surface area contributed by atoms with Crippen LogP contribution >= 0.6 is 0 Å². The van der Waals surface area contributed by atoms with Crippen molar-refractivity contribution in [1.29, 1.82) is 0 Å². The lowest BCUT2D eigenvalue weighted by Crippen LogP contribution is -2.43. The minimum atomic E-state index is -0.488. The highest BCUT2D eigenvalue weighted by molar-refractivity contribution is 5.79. The molecule has 11 nitrogen and oxygen atoms in total. The van der Waals surface area contributed by atoms with Gasteiger partial charge in [0.05, 0.1) is 12.4 Å². The first-order valence-electron chi connectivity index (χ1n) is 9.91. The van der Waals surface area contributed by atoms with Crippen LogP contribution in [0.2, 0.25) is 0 Å². The smallest absolute Gasteiger partial charge is 0.339 e. The van der Waals surface area contributed by atoms with Crippen molar-refractivity contribution in [3.05, 3.63) is 55.5 Å². The first kappa shape index (κ1) is 20.6. The van der Waals surface area contributed by atoms with E-state index in [-0.39, 0.29) is 29.7 Å². The minimum absolute atomic E-state index is 0.0472. The zero-order valence-corrected chi connectivity index (χ0v) is 17.5. The molecule has 4 heterocycles. The number of carbonyl (C=O) groups excluding carboxylic acids is 1. The predicted octanol–water partition coefficient (Wildman–Crippen LogP) is -0.235. The summed E-state index contributed by atoms with van der Waals surface area (Å²) < 4.78 is 14.6. The second-order valence-electron chi connectivity index (χ2n) is 7.67. The van der Waals surface area contributed by atoms with E-state index in [2.05, 4.69) is 4.98 Å². The fourth-order valence-electron chi connectivity index (χ4n) is 3.82. The lowest BCUT2D eigenvalue weighted by molar-refractivity contribution is -0.133. The number of aromatic nitrogens is 4. The van der Waals surface area contributed by atoms with Crippen LogP contribution in [0.4, 0.5) is 0 Å². The van der Waals surface area contributed by atoms with Crippen molar-refractivity contribution in [3.8, 4) is 5.75 Å². The van der Waals surface area contributed by atoms with Gasteiger partial charge in [-0.25, -0.2) is 14.6 Å². The summed E-state index contributed by atoms with van der Waals surface area (Å²) in [6.45, 7) is 2.62. The minimum Gasteiger partial charge on any atom is -0.490 e. The van der Waals surface area contributed by atoms with Gasteiger partial charge in [-0.05, 0) is 6.92 Å². The molecular formula is C20H23N5O6. The number of fused-ring (bicyclic) bond motifs is 1. The van der Waals surface area contributed by atoms with Crippen LogP contribution in [0.1, 0.15) is 18.6 Å². The highest BCUT2D eigenvalue weighted by Gasteiger charge is 2.25. The van der Waals surface area contributed by atoms with Crippen LogP contribution in [-0.4, -0.2) is 48.7 Å². The molecule has 0 spiro atoms. The van der Waals surface area contributed by atoms with Crippen LogP contribution in [0, 0.1) is 6.92 Å². The number of ether oxygens (including phenoxy) is 1. The summed E-state index contributed by atoms with van der Waals surface area (Å²) >= 11 is 0. The number of hydrogen-bond donors (Lipinski definition) is 0. The SMILES string of the molecule is Cc1cc(OC2CCN(C(=O)Cn3cnc4c3c(=O)n(C)c(=O)n4C)CC2)cc(=O)o1. The van der Waals surface area contributed by atoms with Crippen molar-refractivity contribution >= 4 is 17.1 Å². The molecule has 0 saturated carbocycles. The van der Waals surface area contributed by atoms with Crippen molar-refractivity contribution in [2.75, 3.05) is 13.1 Å². The molecule has 4 rings (SSSR count). The summed E-state index contributed by atoms with van der Waals surface area (Å²) in [7, 11) is 2.93. The van der Waals surface area contributed by atoms with Gasteiger partial charge in [0.2, 0.25) is 5.91 Å². The van der Waals surface area contributed by atoms with E-state index >= 15 is 0 Å². The third-order valence-corrected chi connectivity index (χ3v) is 5.49. The normalized spacial score (nSPS) is 14.9. The van der Waals surface area contributed by atoms with E-state index < -0.39 is 16.9 Å². The molecule has 31 heavy (non-hydrogen) atoms. The van der Waals surface area contributed by atoms with Gasteiger partial charge in [0, 0.05) is 46.1 Å². The summed E-state index contributed by atoms with van der Waals surface area (Å²) in [6.07, 6.45) is 2.53. The standard InChI is InChI=1S/C20H23N5O6/c1-12-8-14(9-16(27)30-12)31-13-4-6-24(7-5-13)15(26)10-25-11-21-18-17(25)19(28)23(3)20(29)22(18)2/h8-9,11,13H,4-7,10H2,1-3H3. The van der Waals surface area contributed by atoms with Crippen LogP contribution < -0.4 is 21.6 Å². The van der Waals surface area contributed by atoms with Crippen molar-refractivity contribution in [3.63, 3.8) is 0 Å². The Bertz CT molecular complexity index is 1320. The Kier molecular flexibility index (Phi) is 5.25. The van der Waals surface area contributed by atoms with E-state index in [0.717, 1.165) is 4.57 Å². The average Bonchev–Trinajstić information content (AvgIpc) is 3.14. The topological polar surface area (TPSA) is 122 Å². The molecule has 0 bridgehead atoms. The lowest BCUT2D eigenvalue weighted by Gasteiger charge is -2.32. The number of piperidine rings is 1. The summed E-state index contributed by atoms with van der Waals surface area (Å²) in [5, 5.41) is 0. The quantitative estimate of drug-likeness (QED) is 0.561. The Labute approximate surface area is 176 Å². The number of imidazole rings is 1. The van der Waals surface area contributed by atoms with Gasteiger partial charge in [-0.3, -0.25) is 18.7 Å². The molecule has 0 aromatic carbocycles. The third-order valence-electron chi connectivity index (χ3n) is 5.49. The van der Waals surface area contributed by atoms with Crippen LogP contribution in [0.3, 0.4) is 0 Å². The summed E-state index contributed by atoms with van der Waals surface area (Å²) in [5.41, 5.74) is -0.954. The number of carbonyl (C=O) groups is 1. The van der Waals surface area contributed by atoms with Crippen molar-refractivity contribution in [2.24, 2.45) is 14.1 Å². The Morgan fingerprint density at radius 2 is 1.87 bits per heavy atom. The summed E-state index contributed by atoms with van der Waals surface area (Å²) in [6, 6.07) is 2.97. The molecular weight excluding hydrogens is 406 g/mol. The number of nitrogens with zero attached hydrogens (tertiary/aromatic N) is 5. The summed E-state index contributed by atoms with van der Waals surface area (Å²) in [5.74, 6) is 0.793. The number of likely N-dealkylation sites (tertiary alicyclic amines) is 1. The fourth-order valence-corrected chi connectivity index (χ4v) is 3.82. The van der Waals surface area contributed by atoms with Gasteiger partial charge < -0.3 is 18.6 Å². The van der Waals surface area contributed by atoms with Crippen molar-refractivity contribution < 1.29 is 13.9 Å². The second-order valence-corrected chi connectivity index (χ2v) is 7.67. The van der Waals surface area contributed by atoms with Gasteiger partial charge in [-0.2, -0.15) is 0 Å². The molecule has 11 heteroatoms. The maximum absolute atomic E-state index is 12.8. The van der Waals surface area contributed by atoms with Gasteiger partial charge in [-0.1, -0.05) is 0 Å². The molecule has 3 aromatic heterocycles. The Morgan fingerprint density at radius 3 is 2.55 bits per heavy atom. The monoisotopic (exact) mass is 429 g/mol. The summed E-state index contributed by atoms with van der Waals surface area (Å²) in [4.78, 5) is 54.7. The highest BCUT2D eigenvalue weighted by Crippen LogP contribution is 2.19. The fraction of sp³-hybridized carbons (Fsp3) is 0.450. The third kappa shape index (κ3) is 3.90. The second kappa shape index (κ2) is 7.89. The zero-order valence-electron chi connectivity index (χ0n) is 17.5. The Balaban J connectivity index is 1.43. The first-order valence-corrected chi connectivity index (χ1v) is 9.91. The lowest BCUT2D eigenvalue weighted by atomic mass is 10.1. The van der Waals surface area contributed by atoms with Crippen LogP contribution in [0.25, 0.3) is 11.2 Å². The van der Waals surface area contributed by atoms with E-state index in [1.54, 1.807) is 17.9 Å². The van der Waals surface area contributed by atoms with E-state index in [1.807, 2.05) is 0 Å². The van der Waals surface area contributed by atoms with E-state index in [9.17, 15) is 19.2 Å². The van der Waals surface area contributed by atoms with Crippen LogP contribution in [0.5, 0.6) is 5.75 Å². The molecule has 0 aliphatic carbocycles. The largest absolute Gasteiger partial charge is 0.490 e. The molecule has 1 aliphatic rings.